The molecule has 0 bridgehead atoms. The lowest BCUT2D eigenvalue weighted by Gasteiger charge is -2.13. The first-order valence-corrected chi connectivity index (χ1v) is 11.6. The van der Waals surface area contributed by atoms with Crippen LogP contribution in [0, 0.1) is 0 Å². The molecule has 3 heterocycles. The van der Waals surface area contributed by atoms with E-state index in [9.17, 15) is 0 Å². The summed E-state index contributed by atoms with van der Waals surface area (Å²) in [4.78, 5) is 5.06. The SMILES string of the molecule is c1ccc(-c2cnc(-n3c4ccccc4c4cc5ccsc5cc43)c3ccccc23)cc1. The molecule has 0 saturated carbocycles. The Morgan fingerprint density at radius 2 is 1.38 bits per heavy atom. The van der Waals surface area contributed by atoms with Gasteiger partial charge in [0, 0.05) is 32.6 Å². The number of para-hydroxylation sites is 1. The number of fused-ring (bicyclic) bond motifs is 5. The number of hydrogen-bond donors (Lipinski definition) is 0. The van der Waals surface area contributed by atoms with Crippen molar-refractivity contribution in [1.82, 2.24) is 9.55 Å². The molecular formula is C29H18N2S. The fourth-order valence-electron chi connectivity index (χ4n) is 4.86. The van der Waals surface area contributed by atoms with E-state index < -0.39 is 0 Å². The summed E-state index contributed by atoms with van der Waals surface area (Å²) in [6, 6.07) is 34.6. The Bertz CT molecular complexity index is 1770. The van der Waals surface area contributed by atoms with Gasteiger partial charge in [-0.05, 0) is 46.0 Å². The Labute approximate surface area is 189 Å². The number of rotatable bonds is 2. The third-order valence-electron chi connectivity index (χ3n) is 6.32. The van der Waals surface area contributed by atoms with Gasteiger partial charge in [0.2, 0.25) is 0 Å². The van der Waals surface area contributed by atoms with Crippen LogP contribution < -0.4 is 0 Å². The fourth-order valence-corrected chi connectivity index (χ4v) is 5.66. The van der Waals surface area contributed by atoms with Crippen LogP contribution in [0.1, 0.15) is 0 Å². The first-order valence-electron chi connectivity index (χ1n) is 10.7. The molecule has 150 valence electrons. The van der Waals surface area contributed by atoms with Gasteiger partial charge in [-0.2, -0.15) is 0 Å². The highest BCUT2D eigenvalue weighted by atomic mass is 32.1. The zero-order chi connectivity index (χ0) is 21.1. The molecular weight excluding hydrogens is 408 g/mol. The third kappa shape index (κ3) is 2.49. The van der Waals surface area contributed by atoms with Gasteiger partial charge in [-0.1, -0.05) is 72.8 Å². The molecule has 32 heavy (non-hydrogen) atoms. The number of hydrogen-bond acceptors (Lipinski definition) is 2. The van der Waals surface area contributed by atoms with E-state index in [1.165, 1.54) is 42.8 Å². The van der Waals surface area contributed by atoms with Crippen LogP contribution in [0.5, 0.6) is 0 Å². The van der Waals surface area contributed by atoms with E-state index in [-0.39, 0.29) is 0 Å². The van der Waals surface area contributed by atoms with E-state index in [1.54, 1.807) is 11.3 Å². The molecule has 2 nitrogen and oxygen atoms in total. The maximum Gasteiger partial charge on any atom is 0.145 e. The van der Waals surface area contributed by atoms with Crippen molar-refractivity contribution in [2.45, 2.75) is 0 Å². The van der Waals surface area contributed by atoms with E-state index in [0.717, 1.165) is 16.8 Å². The first kappa shape index (κ1) is 17.7. The zero-order valence-corrected chi connectivity index (χ0v) is 18.0. The standard InChI is InChI=1S/C29H18N2S/c1-2-8-19(9-3-1)25-18-30-29(23-12-5-4-10-21(23)25)31-26-13-7-6-11-22(26)24-16-20-14-15-32-28(20)17-27(24)31/h1-18H. The molecule has 0 spiro atoms. The van der Waals surface area contributed by atoms with Crippen molar-refractivity contribution in [3.05, 3.63) is 109 Å². The van der Waals surface area contributed by atoms with Crippen molar-refractivity contribution in [2.75, 3.05) is 0 Å². The van der Waals surface area contributed by atoms with Gasteiger partial charge in [-0.15, -0.1) is 11.3 Å². The molecule has 3 aromatic heterocycles. The summed E-state index contributed by atoms with van der Waals surface area (Å²) in [7, 11) is 0. The van der Waals surface area contributed by atoms with Crippen molar-refractivity contribution in [3.8, 4) is 16.9 Å². The summed E-state index contributed by atoms with van der Waals surface area (Å²) in [5, 5.41) is 8.36. The van der Waals surface area contributed by atoms with Crippen LogP contribution in [0.15, 0.2) is 109 Å². The molecule has 0 atom stereocenters. The zero-order valence-electron chi connectivity index (χ0n) is 17.2. The van der Waals surface area contributed by atoms with Gasteiger partial charge in [-0.3, -0.25) is 4.57 Å². The van der Waals surface area contributed by atoms with Crippen molar-refractivity contribution in [2.24, 2.45) is 0 Å². The van der Waals surface area contributed by atoms with Crippen LogP contribution in [-0.2, 0) is 0 Å². The van der Waals surface area contributed by atoms with Crippen molar-refractivity contribution in [1.29, 1.82) is 0 Å². The minimum atomic E-state index is 0.974. The van der Waals surface area contributed by atoms with Crippen LogP contribution in [0.25, 0.3) is 59.6 Å². The molecule has 0 fully saturated rings. The number of benzene rings is 4. The van der Waals surface area contributed by atoms with E-state index in [1.807, 2.05) is 6.20 Å². The molecule has 0 aliphatic rings. The molecule has 0 aliphatic carbocycles. The summed E-state index contributed by atoms with van der Waals surface area (Å²) < 4.78 is 3.63. The van der Waals surface area contributed by atoms with Gasteiger partial charge in [0.25, 0.3) is 0 Å². The molecule has 0 aliphatic heterocycles. The molecule has 4 aromatic carbocycles. The number of thiophene rings is 1. The highest BCUT2D eigenvalue weighted by Crippen LogP contribution is 2.38. The van der Waals surface area contributed by atoms with Gasteiger partial charge >= 0.3 is 0 Å². The average molecular weight is 427 g/mol. The van der Waals surface area contributed by atoms with Crippen LogP contribution in [-0.4, -0.2) is 9.55 Å². The van der Waals surface area contributed by atoms with E-state index in [4.69, 9.17) is 4.98 Å². The molecule has 7 rings (SSSR count). The molecule has 3 heteroatoms. The minimum absolute atomic E-state index is 0.974. The van der Waals surface area contributed by atoms with Crippen LogP contribution in [0.4, 0.5) is 0 Å². The highest BCUT2D eigenvalue weighted by molar-refractivity contribution is 7.17. The largest absolute Gasteiger partial charge is 0.293 e. The number of nitrogens with zero attached hydrogens (tertiary/aromatic N) is 2. The quantitative estimate of drug-likeness (QED) is 0.272. The lowest BCUT2D eigenvalue weighted by molar-refractivity contribution is 1.10. The molecule has 7 aromatic rings. The maximum absolute atomic E-state index is 5.06. The Kier molecular flexibility index (Phi) is 3.75. The molecule has 0 radical (unpaired) electrons. The average Bonchev–Trinajstić information content (AvgIpc) is 3.44. The van der Waals surface area contributed by atoms with Gasteiger partial charge in [0.05, 0.1) is 11.0 Å². The predicted octanol–water partition coefficient (Wildman–Crippen LogP) is 8.21. The third-order valence-corrected chi connectivity index (χ3v) is 7.20. The van der Waals surface area contributed by atoms with Crippen LogP contribution in [0.3, 0.4) is 0 Å². The van der Waals surface area contributed by atoms with Crippen molar-refractivity contribution < 1.29 is 0 Å². The van der Waals surface area contributed by atoms with E-state index >= 15 is 0 Å². The maximum atomic E-state index is 5.06. The second-order valence-electron chi connectivity index (χ2n) is 8.09. The Hall–Kier alpha value is -3.95. The van der Waals surface area contributed by atoms with Gasteiger partial charge in [0.1, 0.15) is 5.82 Å². The smallest absolute Gasteiger partial charge is 0.145 e. The summed E-state index contributed by atoms with van der Waals surface area (Å²) >= 11 is 1.79. The predicted molar refractivity (Wildman–Crippen MR) is 137 cm³/mol. The number of pyridine rings is 1. The lowest BCUT2D eigenvalue weighted by atomic mass is 10.0. The molecule has 0 amide bonds. The monoisotopic (exact) mass is 426 g/mol. The highest BCUT2D eigenvalue weighted by Gasteiger charge is 2.17. The van der Waals surface area contributed by atoms with Gasteiger partial charge in [0.15, 0.2) is 0 Å². The first-order chi connectivity index (χ1) is 15.9. The fraction of sp³-hybridized carbons (Fsp3) is 0. The molecule has 0 N–H and O–H groups in total. The van der Waals surface area contributed by atoms with E-state index in [2.05, 4.69) is 107 Å². The van der Waals surface area contributed by atoms with Gasteiger partial charge in [-0.25, -0.2) is 4.98 Å². The second kappa shape index (κ2) is 6.78. The lowest BCUT2D eigenvalue weighted by Crippen LogP contribution is -1.99. The summed E-state index contributed by atoms with van der Waals surface area (Å²) in [5.41, 5.74) is 4.73. The number of aromatic nitrogens is 2. The Morgan fingerprint density at radius 3 is 2.25 bits per heavy atom. The van der Waals surface area contributed by atoms with E-state index in [0.29, 0.717) is 0 Å². The van der Waals surface area contributed by atoms with Crippen molar-refractivity contribution >= 4 is 54.0 Å². The Morgan fingerprint density at radius 1 is 0.625 bits per heavy atom. The minimum Gasteiger partial charge on any atom is -0.293 e. The van der Waals surface area contributed by atoms with Crippen LogP contribution >= 0.6 is 11.3 Å². The molecule has 0 saturated heterocycles. The topological polar surface area (TPSA) is 17.8 Å². The summed E-state index contributed by atoms with van der Waals surface area (Å²) in [6.45, 7) is 0. The van der Waals surface area contributed by atoms with Crippen LogP contribution in [0.2, 0.25) is 0 Å². The summed E-state index contributed by atoms with van der Waals surface area (Å²) in [5.74, 6) is 0.974. The Balaban J connectivity index is 1.62. The van der Waals surface area contributed by atoms with Crippen molar-refractivity contribution in [3.63, 3.8) is 0 Å². The normalized spacial score (nSPS) is 11.8. The second-order valence-corrected chi connectivity index (χ2v) is 9.04. The summed E-state index contributed by atoms with van der Waals surface area (Å²) in [6.07, 6.45) is 2.03. The van der Waals surface area contributed by atoms with Gasteiger partial charge < -0.3 is 0 Å². The molecule has 0 unspecified atom stereocenters.